The Balaban J connectivity index is 1.98. The summed E-state index contributed by atoms with van der Waals surface area (Å²) >= 11 is 0. The summed E-state index contributed by atoms with van der Waals surface area (Å²) < 4.78 is 10.9. The van der Waals surface area contributed by atoms with Gasteiger partial charge in [-0.1, -0.05) is 6.07 Å². The van der Waals surface area contributed by atoms with Crippen LogP contribution in [0.4, 0.5) is 5.69 Å². The fourth-order valence-corrected chi connectivity index (χ4v) is 2.34. The van der Waals surface area contributed by atoms with Crippen LogP contribution < -0.4 is 5.73 Å². The second kappa shape index (κ2) is 5.61. The van der Waals surface area contributed by atoms with Crippen LogP contribution in [0.2, 0.25) is 0 Å². The molecule has 0 aromatic heterocycles. The quantitative estimate of drug-likeness (QED) is 0.672. The van der Waals surface area contributed by atoms with Crippen molar-refractivity contribution >= 4 is 11.7 Å². The Labute approximate surface area is 113 Å². The molecule has 104 valence electrons. The van der Waals surface area contributed by atoms with Gasteiger partial charge in [-0.25, -0.2) is 4.79 Å². The lowest BCUT2D eigenvalue weighted by Crippen LogP contribution is -2.19. The van der Waals surface area contributed by atoms with Gasteiger partial charge in [0, 0.05) is 5.69 Å². The highest BCUT2D eigenvalue weighted by Gasteiger charge is 2.23. The van der Waals surface area contributed by atoms with Crippen LogP contribution in [0.25, 0.3) is 0 Å². The van der Waals surface area contributed by atoms with Crippen molar-refractivity contribution in [2.24, 2.45) is 0 Å². The molecule has 4 nitrogen and oxygen atoms in total. The largest absolute Gasteiger partial charge is 0.459 e. The van der Waals surface area contributed by atoms with Gasteiger partial charge >= 0.3 is 5.97 Å². The molecule has 0 radical (unpaired) electrons. The molecule has 4 heteroatoms. The normalized spacial score (nSPS) is 22.5. The highest BCUT2D eigenvalue weighted by atomic mass is 16.6. The van der Waals surface area contributed by atoms with Gasteiger partial charge in [0.2, 0.25) is 0 Å². The average molecular weight is 263 g/mol. The number of anilines is 1. The standard InChI is InChI=1S/C15H21NO3/c1-9-6-10(2)14(16)7-13(9)15(17)18-8-12-5-4-11(3)19-12/h6-7,11-12H,4-5,8,16H2,1-3H3. The maximum atomic E-state index is 12.0. The molecule has 1 heterocycles. The highest BCUT2D eigenvalue weighted by Crippen LogP contribution is 2.21. The van der Waals surface area contributed by atoms with E-state index in [1.54, 1.807) is 6.07 Å². The topological polar surface area (TPSA) is 61.5 Å². The van der Waals surface area contributed by atoms with Crippen molar-refractivity contribution in [3.8, 4) is 0 Å². The summed E-state index contributed by atoms with van der Waals surface area (Å²) in [6.45, 7) is 6.16. The maximum absolute atomic E-state index is 12.0. The number of benzene rings is 1. The maximum Gasteiger partial charge on any atom is 0.338 e. The predicted octanol–water partition coefficient (Wildman–Crippen LogP) is 2.61. The summed E-state index contributed by atoms with van der Waals surface area (Å²) in [6, 6.07) is 3.59. The van der Waals surface area contributed by atoms with Crippen LogP contribution in [0.1, 0.15) is 41.3 Å². The van der Waals surface area contributed by atoms with E-state index in [0.29, 0.717) is 17.9 Å². The van der Waals surface area contributed by atoms with Gasteiger partial charge < -0.3 is 15.2 Å². The molecule has 2 atom stereocenters. The molecule has 0 amide bonds. The zero-order chi connectivity index (χ0) is 14.0. The lowest BCUT2D eigenvalue weighted by Gasteiger charge is -2.13. The summed E-state index contributed by atoms with van der Waals surface area (Å²) in [5.41, 5.74) is 8.84. The molecular weight excluding hydrogens is 242 g/mol. The predicted molar refractivity (Wildman–Crippen MR) is 74.2 cm³/mol. The minimum atomic E-state index is -0.327. The molecule has 1 aromatic carbocycles. The average Bonchev–Trinajstić information content (AvgIpc) is 2.77. The van der Waals surface area contributed by atoms with Crippen LogP contribution in [-0.4, -0.2) is 24.8 Å². The van der Waals surface area contributed by atoms with E-state index in [1.807, 2.05) is 26.8 Å². The Morgan fingerprint density at radius 1 is 1.37 bits per heavy atom. The van der Waals surface area contributed by atoms with E-state index >= 15 is 0 Å². The third-order valence-corrected chi connectivity index (χ3v) is 3.55. The third-order valence-electron chi connectivity index (χ3n) is 3.55. The molecule has 2 unspecified atom stereocenters. The second-order valence-electron chi connectivity index (χ2n) is 5.27. The molecule has 1 fully saturated rings. The molecule has 0 spiro atoms. The SMILES string of the molecule is Cc1cc(C)c(C(=O)OCC2CCC(C)O2)cc1N. The summed E-state index contributed by atoms with van der Waals surface area (Å²) in [5, 5.41) is 0. The van der Waals surface area contributed by atoms with Crippen LogP contribution in [0.5, 0.6) is 0 Å². The molecule has 0 saturated carbocycles. The van der Waals surface area contributed by atoms with E-state index in [9.17, 15) is 4.79 Å². The lowest BCUT2D eigenvalue weighted by atomic mass is 10.0. The van der Waals surface area contributed by atoms with Gasteiger partial charge in [-0.05, 0) is 50.8 Å². The smallest absolute Gasteiger partial charge is 0.338 e. The number of esters is 1. The molecule has 1 aliphatic heterocycles. The van der Waals surface area contributed by atoms with Gasteiger partial charge in [0.1, 0.15) is 6.61 Å². The number of nitrogen functional groups attached to an aromatic ring is 1. The third kappa shape index (κ3) is 3.26. The number of hydrogen-bond donors (Lipinski definition) is 1. The zero-order valence-electron chi connectivity index (χ0n) is 11.7. The first-order valence-corrected chi connectivity index (χ1v) is 6.66. The summed E-state index contributed by atoms with van der Waals surface area (Å²) in [5.74, 6) is -0.327. The summed E-state index contributed by atoms with van der Waals surface area (Å²) in [7, 11) is 0. The van der Waals surface area contributed by atoms with E-state index < -0.39 is 0 Å². The number of carbonyl (C=O) groups excluding carboxylic acids is 1. The highest BCUT2D eigenvalue weighted by molar-refractivity contribution is 5.92. The number of aryl methyl sites for hydroxylation is 2. The molecule has 1 saturated heterocycles. The van der Waals surface area contributed by atoms with Crippen molar-refractivity contribution in [2.45, 2.75) is 45.8 Å². The van der Waals surface area contributed by atoms with Crippen molar-refractivity contribution < 1.29 is 14.3 Å². The van der Waals surface area contributed by atoms with Gasteiger partial charge in [0.05, 0.1) is 17.8 Å². The Morgan fingerprint density at radius 3 is 2.74 bits per heavy atom. The van der Waals surface area contributed by atoms with Crippen LogP contribution in [-0.2, 0) is 9.47 Å². The first kappa shape index (κ1) is 13.9. The molecule has 0 bridgehead atoms. The van der Waals surface area contributed by atoms with Crippen molar-refractivity contribution in [3.05, 3.63) is 28.8 Å². The van der Waals surface area contributed by atoms with Crippen LogP contribution in [0.3, 0.4) is 0 Å². The van der Waals surface area contributed by atoms with E-state index in [-0.39, 0.29) is 18.2 Å². The first-order chi connectivity index (χ1) is 8.97. The van der Waals surface area contributed by atoms with E-state index in [2.05, 4.69) is 0 Å². The molecule has 19 heavy (non-hydrogen) atoms. The molecule has 0 aliphatic carbocycles. The molecule has 1 aromatic rings. The van der Waals surface area contributed by atoms with Crippen molar-refractivity contribution in [2.75, 3.05) is 12.3 Å². The summed E-state index contributed by atoms with van der Waals surface area (Å²) in [6.07, 6.45) is 2.27. The van der Waals surface area contributed by atoms with Gasteiger partial charge in [0.25, 0.3) is 0 Å². The number of rotatable bonds is 3. The Morgan fingerprint density at radius 2 is 2.11 bits per heavy atom. The summed E-state index contributed by atoms with van der Waals surface area (Å²) in [4.78, 5) is 12.0. The number of nitrogens with two attached hydrogens (primary N) is 1. The number of ether oxygens (including phenoxy) is 2. The van der Waals surface area contributed by atoms with Gasteiger partial charge in [-0.2, -0.15) is 0 Å². The molecule has 2 rings (SSSR count). The lowest BCUT2D eigenvalue weighted by molar-refractivity contribution is -0.00269. The van der Waals surface area contributed by atoms with Crippen molar-refractivity contribution in [3.63, 3.8) is 0 Å². The monoisotopic (exact) mass is 263 g/mol. The fraction of sp³-hybridized carbons (Fsp3) is 0.533. The minimum Gasteiger partial charge on any atom is -0.459 e. The zero-order valence-corrected chi connectivity index (χ0v) is 11.7. The van der Waals surface area contributed by atoms with Crippen molar-refractivity contribution in [1.29, 1.82) is 0 Å². The number of hydrogen-bond acceptors (Lipinski definition) is 4. The van der Waals surface area contributed by atoms with Gasteiger partial charge in [0.15, 0.2) is 0 Å². The minimum absolute atomic E-state index is 0.0297. The molecule has 2 N–H and O–H groups in total. The van der Waals surface area contributed by atoms with E-state index in [1.165, 1.54) is 0 Å². The van der Waals surface area contributed by atoms with Gasteiger partial charge in [-0.3, -0.25) is 0 Å². The van der Waals surface area contributed by atoms with Crippen LogP contribution in [0.15, 0.2) is 12.1 Å². The van der Waals surface area contributed by atoms with E-state index in [0.717, 1.165) is 24.0 Å². The number of carbonyl (C=O) groups is 1. The molecule has 1 aliphatic rings. The van der Waals surface area contributed by atoms with Crippen LogP contribution >= 0.6 is 0 Å². The second-order valence-corrected chi connectivity index (χ2v) is 5.27. The first-order valence-electron chi connectivity index (χ1n) is 6.66. The Hall–Kier alpha value is -1.55. The van der Waals surface area contributed by atoms with Crippen molar-refractivity contribution in [1.82, 2.24) is 0 Å². The fourth-order valence-electron chi connectivity index (χ4n) is 2.34. The van der Waals surface area contributed by atoms with Crippen LogP contribution in [0, 0.1) is 13.8 Å². The van der Waals surface area contributed by atoms with Gasteiger partial charge in [-0.15, -0.1) is 0 Å². The molecular formula is C15H21NO3. The van der Waals surface area contributed by atoms with E-state index in [4.69, 9.17) is 15.2 Å². The Kier molecular flexibility index (Phi) is 4.10. The Bertz CT molecular complexity index is 485.